The molecule has 0 radical (unpaired) electrons. The van der Waals surface area contributed by atoms with Gasteiger partial charge in [0.05, 0.1) is 0 Å². The Hall–Kier alpha value is 2.75. The number of hydrogen-bond donors (Lipinski definition) is 3. The first kappa shape index (κ1) is 13.3. The summed E-state index contributed by atoms with van der Waals surface area (Å²) >= 11 is 0. The maximum absolute atomic E-state index is 7.89. The van der Waals surface area contributed by atoms with Gasteiger partial charge in [0.1, 0.15) is 0 Å². The van der Waals surface area contributed by atoms with Gasteiger partial charge < -0.3 is 0 Å². The van der Waals surface area contributed by atoms with E-state index in [2.05, 4.69) is 9.35 Å². The summed E-state index contributed by atoms with van der Waals surface area (Å²) in [6.45, 7) is 0. The van der Waals surface area contributed by atoms with Crippen LogP contribution >= 0.6 is 7.74 Å². The fourth-order valence-corrected chi connectivity index (χ4v) is 0.402. The quantitative estimate of drug-likeness (QED) is 0.170. The molecule has 0 spiro atoms. The summed E-state index contributed by atoms with van der Waals surface area (Å²) in [5, 5.41) is 0. The monoisotopic (exact) mass is 198 g/mol. The molecule has 0 aromatic rings. The van der Waals surface area contributed by atoms with Crippen LogP contribution in [0, 0.1) is 0 Å². The van der Waals surface area contributed by atoms with Crippen LogP contribution in [0.4, 0.5) is 0 Å². The van der Waals surface area contributed by atoms with Gasteiger partial charge in [-0.1, -0.05) is 0 Å². The molecule has 0 aromatic heterocycles. The molecular weight excluding hydrogens is 191 g/mol. The molecule has 0 aliphatic carbocycles. The average Bonchev–Trinajstić information content (AvgIpc) is 1.73. The molecule has 1 fully saturated rings. The molecule has 8 heavy (non-hydrogen) atoms. The predicted octanol–water partition coefficient (Wildman–Crippen LogP) is -2.78. The molecule has 0 unspecified atom stereocenters. The van der Waals surface area contributed by atoms with Crippen LogP contribution in [0.15, 0.2) is 0 Å². The Balaban J connectivity index is 0. The molecule has 0 saturated carbocycles. The number of rotatable bonds is 0. The van der Waals surface area contributed by atoms with Crippen molar-refractivity contribution in [2.45, 2.75) is 0 Å². The molecule has 1 aliphatic heterocycles. The zero-order chi connectivity index (χ0) is 4.86. The van der Waals surface area contributed by atoms with E-state index >= 15 is 0 Å². The van der Waals surface area contributed by atoms with Crippen LogP contribution in [-0.4, -0.2) is 90.2 Å². The molecule has 0 aromatic carbocycles. The van der Waals surface area contributed by atoms with E-state index in [-0.39, 0.29) is 75.5 Å². The van der Waals surface area contributed by atoms with Crippen molar-refractivity contribution in [3.8, 4) is 0 Å². The second kappa shape index (κ2) is 3.43. The van der Waals surface area contributed by atoms with Crippen LogP contribution < -0.4 is 0 Å². The summed E-state index contributed by atoms with van der Waals surface area (Å²) in [6.07, 6.45) is 0. The number of hydrogen-bond acceptors (Lipinski definition) is 5. The van der Waals surface area contributed by atoms with Crippen LogP contribution in [0.1, 0.15) is 0 Å². The van der Waals surface area contributed by atoms with E-state index in [0.29, 0.717) is 0 Å². The second-order valence-electron chi connectivity index (χ2n) is 0.982. The third-order valence-electron chi connectivity index (χ3n) is 0.275. The third-order valence-corrected chi connectivity index (χ3v) is 0.824. The predicted molar refractivity (Wildman–Crippen MR) is 32.8 cm³/mol. The molecule has 1 heterocycles. The van der Waals surface area contributed by atoms with Crippen LogP contribution in [0.5, 0.6) is 0 Å². The minimum absolute atomic E-state index is 0. The van der Waals surface area contributed by atoms with Gasteiger partial charge in [0.15, 0.2) is 0 Å². The van der Waals surface area contributed by atoms with Gasteiger partial charge >= 0.3 is 107 Å². The Morgan fingerprint density at radius 3 is 1.00 bits per heavy atom. The standard InChI is InChI=1S/2Ca.H3O5P.4H/c;;1-6(2,3)4-5-6;;;;/h;;1-3H;;;;. The molecule has 1 aliphatic rings. The molecule has 0 amide bonds. The SMILES string of the molecule is OP1(O)(O)OO1.[CaH2].[CaH2]. The van der Waals surface area contributed by atoms with Gasteiger partial charge in [0.25, 0.3) is 0 Å². The van der Waals surface area contributed by atoms with Crippen LogP contribution in [-0.2, 0) is 9.35 Å². The van der Waals surface area contributed by atoms with Crippen LogP contribution in [0.3, 0.4) is 0 Å². The minimum atomic E-state index is -4.80. The molecule has 0 atom stereocenters. The van der Waals surface area contributed by atoms with Gasteiger partial charge in [-0.2, -0.15) is 0 Å². The first-order valence-electron chi connectivity index (χ1n) is 1.13. The van der Waals surface area contributed by atoms with E-state index in [1.165, 1.54) is 0 Å². The molecule has 3 N–H and O–H groups in total. The Morgan fingerprint density at radius 1 is 0.875 bits per heavy atom. The van der Waals surface area contributed by atoms with Gasteiger partial charge in [-0.3, -0.25) is 0 Å². The van der Waals surface area contributed by atoms with E-state index in [0.717, 1.165) is 0 Å². The van der Waals surface area contributed by atoms with Gasteiger partial charge in [-0.15, -0.1) is 0 Å². The van der Waals surface area contributed by atoms with Gasteiger partial charge in [-0.05, 0) is 0 Å². The summed E-state index contributed by atoms with van der Waals surface area (Å²) < 4.78 is 6.76. The summed E-state index contributed by atoms with van der Waals surface area (Å²) in [4.78, 5) is 23.7. The fraction of sp³-hybridized carbons (Fsp3) is 0. The van der Waals surface area contributed by atoms with Gasteiger partial charge in [-0.25, -0.2) is 0 Å². The summed E-state index contributed by atoms with van der Waals surface area (Å²) in [5.41, 5.74) is 0. The zero-order valence-corrected chi connectivity index (χ0v) is 3.50. The van der Waals surface area contributed by atoms with E-state index < -0.39 is 7.74 Å². The van der Waals surface area contributed by atoms with E-state index in [9.17, 15) is 0 Å². The first-order chi connectivity index (χ1) is 2.47. The molecule has 46 valence electrons. The molecular formula is H7Ca2O5P. The van der Waals surface area contributed by atoms with Crippen LogP contribution in [0.2, 0.25) is 0 Å². The van der Waals surface area contributed by atoms with Crippen molar-refractivity contribution in [3.05, 3.63) is 0 Å². The fourth-order valence-electron chi connectivity index (χ4n) is 0.0447. The Labute approximate surface area is 105 Å². The maximum atomic E-state index is 7.89. The zero-order valence-electron chi connectivity index (χ0n) is 2.61. The topological polar surface area (TPSA) is 85.8 Å². The molecule has 0 bridgehead atoms. The summed E-state index contributed by atoms with van der Waals surface area (Å²) in [6, 6.07) is 0. The average molecular weight is 198 g/mol. The van der Waals surface area contributed by atoms with Crippen molar-refractivity contribution < 1.29 is 24.0 Å². The first-order valence-corrected chi connectivity index (χ1v) is 3.06. The van der Waals surface area contributed by atoms with Crippen molar-refractivity contribution in [1.82, 2.24) is 0 Å². The Kier molecular flexibility index (Phi) is 5.72. The van der Waals surface area contributed by atoms with Crippen LogP contribution in [0.25, 0.3) is 0 Å². The summed E-state index contributed by atoms with van der Waals surface area (Å²) in [5.74, 6) is 0. The molecule has 8 heteroatoms. The molecule has 1 saturated heterocycles. The van der Waals surface area contributed by atoms with E-state index in [4.69, 9.17) is 14.7 Å². The second-order valence-corrected chi connectivity index (χ2v) is 2.95. The molecule has 1 rings (SSSR count). The third kappa shape index (κ3) is 5.53. The van der Waals surface area contributed by atoms with Crippen molar-refractivity contribution in [3.63, 3.8) is 0 Å². The van der Waals surface area contributed by atoms with Gasteiger partial charge in [0, 0.05) is 0 Å². The van der Waals surface area contributed by atoms with Crippen molar-refractivity contribution in [1.29, 1.82) is 0 Å². The normalized spacial score (nSPS) is 32.1. The van der Waals surface area contributed by atoms with Gasteiger partial charge in [0.2, 0.25) is 0 Å². The van der Waals surface area contributed by atoms with Crippen molar-refractivity contribution in [2.75, 3.05) is 0 Å². The van der Waals surface area contributed by atoms with E-state index in [1.807, 2.05) is 0 Å². The van der Waals surface area contributed by atoms with Crippen molar-refractivity contribution >= 4 is 83.2 Å². The Bertz CT molecular complexity index is 74.2. The molecule has 5 nitrogen and oxygen atoms in total. The van der Waals surface area contributed by atoms with Crippen molar-refractivity contribution in [2.24, 2.45) is 0 Å². The van der Waals surface area contributed by atoms with E-state index in [1.54, 1.807) is 0 Å². The Morgan fingerprint density at radius 2 is 1.00 bits per heavy atom. The summed E-state index contributed by atoms with van der Waals surface area (Å²) in [7, 11) is -4.80.